The molecule has 1 amide bonds. The Morgan fingerprint density at radius 2 is 1.96 bits per heavy atom. The van der Waals surface area contributed by atoms with Gasteiger partial charge in [0.1, 0.15) is 11.5 Å². The molecule has 0 N–H and O–H groups in total. The number of thiocarbonyl (C=S) groups is 1. The molecule has 3 rings (SSSR count). The minimum absolute atomic E-state index is 0.129. The van der Waals surface area contributed by atoms with Crippen LogP contribution in [0.4, 0.5) is 5.69 Å². The van der Waals surface area contributed by atoms with Gasteiger partial charge in [0.2, 0.25) is 0 Å². The van der Waals surface area contributed by atoms with Gasteiger partial charge >= 0.3 is 0 Å². The highest BCUT2D eigenvalue weighted by molar-refractivity contribution is 8.27. The van der Waals surface area contributed by atoms with E-state index in [9.17, 15) is 4.79 Å². The molecule has 0 radical (unpaired) electrons. The Labute approximate surface area is 166 Å². The van der Waals surface area contributed by atoms with Crippen molar-refractivity contribution in [2.45, 2.75) is 4.90 Å². The van der Waals surface area contributed by atoms with Crippen molar-refractivity contribution < 1.29 is 14.3 Å². The second-order valence-corrected chi connectivity index (χ2v) is 7.88. The third-order valence-corrected chi connectivity index (χ3v) is 5.86. The molecule has 0 spiro atoms. The van der Waals surface area contributed by atoms with Crippen molar-refractivity contribution in [3.05, 3.63) is 52.9 Å². The van der Waals surface area contributed by atoms with Crippen LogP contribution in [0.2, 0.25) is 0 Å². The van der Waals surface area contributed by atoms with Crippen molar-refractivity contribution in [2.75, 3.05) is 25.4 Å². The lowest BCUT2D eigenvalue weighted by atomic mass is 10.1. The number of hydrogen-bond acceptors (Lipinski definition) is 6. The van der Waals surface area contributed by atoms with Crippen LogP contribution in [-0.2, 0) is 4.79 Å². The molecule has 1 saturated heterocycles. The fourth-order valence-corrected chi connectivity index (χ4v) is 4.26. The molecule has 1 aliphatic heterocycles. The van der Waals surface area contributed by atoms with Gasteiger partial charge in [-0.2, -0.15) is 0 Å². The van der Waals surface area contributed by atoms with Crippen molar-refractivity contribution in [2.24, 2.45) is 0 Å². The quantitative estimate of drug-likeness (QED) is 0.404. The van der Waals surface area contributed by atoms with E-state index in [0.29, 0.717) is 20.7 Å². The van der Waals surface area contributed by atoms with E-state index >= 15 is 0 Å². The summed E-state index contributed by atoms with van der Waals surface area (Å²) >= 11 is 8.36. The molecule has 2 aromatic carbocycles. The molecule has 0 unspecified atom stereocenters. The highest BCUT2D eigenvalue weighted by Crippen LogP contribution is 2.38. The Hall–Kier alpha value is -1.96. The van der Waals surface area contributed by atoms with Crippen LogP contribution < -0.4 is 14.4 Å². The summed E-state index contributed by atoms with van der Waals surface area (Å²) in [7, 11) is 3.19. The Bertz CT molecular complexity index is 895. The van der Waals surface area contributed by atoms with Crippen LogP contribution in [0, 0.1) is 0 Å². The Balaban J connectivity index is 1.95. The van der Waals surface area contributed by atoms with E-state index in [0.717, 1.165) is 16.1 Å². The maximum absolute atomic E-state index is 12.9. The molecule has 0 aromatic heterocycles. The van der Waals surface area contributed by atoms with Gasteiger partial charge in [0.15, 0.2) is 4.32 Å². The number of carbonyl (C=O) groups is 1. The Kier molecular flexibility index (Phi) is 5.90. The second-order valence-electron chi connectivity index (χ2n) is 5.33. The minimum Gasteiger partial charge on any atom is -0.497 e. The van der Waals surface area contributed by atoms with Crippen LogP contribution in [0.25, 0.3) is 6.08 Å². The van der Waals surface area contributed by atoms with Crippen molar-refractivity contribution in [1.29, 1.82) is 0 Å². The van der Waals surface area contributed by atoms with Crippen molar-refractivity contribution >= 4 is 57.7 Å². The molecule has 1 fully saturated rings. The van der Waals surface area contributed by atoms with Gasteiger partial charge in [-0.25, -0.2) is 0 Å². The molecule has 134 valence electrons. The number of carbonyl (C=O) groups excluding carboxylic acids is 1. The highest BCUT2D eigenvalue weighted by atomic mass is 32.2. The predicted octanol–water partition coefficient (Wildman–Crippen LogP) is 4.83. The number of ether oxygens (including phenoxy) is 2. The van der Waals surface area contributed by atoms with Crippen molar-refractivity contribution in [3.63, 3.8) is 0 Å². The van der Waals surface area contributed by atoms with Crippen LogP contribution in [0.5, 0.6) is 11.5 Å². The van der Waals surface area contributed by atoms with Crippen LogP contribution in [-0.4, -0.2) is 30.7 Å². The molecule has 0 aliphatic carbocycles. The zero-order chi connectivity index (χ0) is 18.7. The molecule has 7 heteroatoms. The summed E-state index contributed by atoms with van der Waals surface area (Å²) in [6, 6.07) is 13.3. The molecular formula is C19H17NO3S3. The summed E-state index contributed by atoms with van der Waals surface area (Å²) in [6.07, 6.45) is 3.80. The topological polar surface area (TPSA) is 38.8 Å². The minimum atomic E-state index is -0.129. The first-order valence-electron chi connectivity index (χ1n) is 7.71. The van der Waals surface area contributed by atoms with Crippen LogP contribution >= 0.6 is 35.7 Å². The van der Waals surface area contributed by atoms with E-state index in [1.54, 1.807) is 43.0 Å². The lowest BCUT2D eigenvalue weighted by Gasteiger charge is -2.15. The van der Waals surface area contributed by atoms with Crippen LogP contribution in [0.3, 0.4) is 0 Å². The van der Waals surface area contributed by atoms with E-state index in [1.807, 2.05) is 42.7 Å². The number of thioether (sulfide) groups is 2. The molecule has 26 heavy (non-hydrogen) atoms. The smallest absolute Gasteiger partial charge is 0.270 e. The van der Waals surface area contributed by atoms with E-state index < -0.39 is 0 Å². The number of rotatable bonds is 5. The van der Waals surface area contributed by atoms with E-state index in [2.05, 4.69) is 0 Å². The Morgan fingerprint density at radius 3 is 2.65 bits per heavy atom. The molecule has 1 aliphatic rings. The first kappa shape index (κ1) is 18.8. The SMILES string of the molecule is COc1ccc(/C=C2/SC(=S)N(c3cccc(SC)c3)C2=O)c(OC)c1. The van der Waals surface area contributed by atoms with Crippen molar-refractivity contribution in [3.8, 4) is 11.5 Å². The number of anilines is 1. The molecule has 2 aromatic rings. The highest BCUT2D eigenvalue weighted by Gasteiger charge is 2.33. The monoisotopic (exact) mass is 403 g/mol. The number of methoxy groups -OCH3 is 2. The molecule has 0 bridgehead atoms. The van der Waals surface area contributed by atoms with Gasteiger partial charge in [-0.1, -0.05) is 30.0 Å². The third kappa shape index (κ3) is 3.75. The number of benzene rings is 2. The standard InChI is InChI=1S/C19H17NO3S3/c1-22-14-8-7-12(16(11-14)23-2)9-17-18(21)20(19(24)26-17)13-5-4-6-15(10-13)25-3/h4-11H,1-3H3/b17-9+. The zero-order valence-corrected chi connectivity index (χ0v) is 17.0. The van der Waals surface area contributed by atoms with Crippen LogP contribution in [0.15, 0.2) is 52.3 Å². The molecule has 0 saturated carbocycles. The van der Waals surface area contributed by atoms with E-state index in [-0.39, 0.29) is 5.91 Å². The maximum atomic E-state index is 12.9. The number of hydrogen-bond donors (Lipinski definition) is 0. The van der Waals surface area contributed by atoms with E-state index in [1.165, 1.54) is 11.8 Å². The summed E-state index contributed by atoms with van der Waals surface area (Å²) in [6.45, 7) is 0. The van der Waals surface area contributed by atoms with E-state index in [4.69, 9.17) is 21.7 Å². The maximum Gasteiger partial charge on any atom is 0.270 e. The van der Waals surface area contributed by atoms with Gasteiger partial charge < -0.3 is 9.47 Å². The third-order valence-electron chi connectivity index (χ3n) is 3.83. The molecular weight excluding hydrogens is 386 g/mol. The largest absolute Gasteiger partial charge is 0.497 e. The lowest BCUT2D eigenvalue weighted by molar-refractivity contribution is -0.113. The fraction of sp³-hybridized carbons (Fsp3) is 0.158. The number of nitrogens with zero attached hydrogens (tertiary/aromatic N) is 1. The summed E-state index contributed by atoms with van der Waals surface area (Å²) in [5.41, 5.74) is 1.58. The summed E-state index contributed by atoms with van der Waals surface area (Å²) in [4.78, 5) is 16.1. The average molecular weight is 404 g/mol. The molecule has 1 heterocycles. The summed E-state index contributed by atoms with van der Waals surface area (Å²) in [5.74, 6) is 1.20. The van der Waals surface area contributed by atoms with Crippen molar-refractivity contribution in [1.82, 2.24) is 0 Å². The normalized spacial score (nSPS) is 15.7. The predicted molar refractivity (Wildman–Crippen MR) is 113 cm³/mol. The zero-order valence-electron chi connectivity index (χ0n) is 14.5. The first-order chi connectivity index (χ1) is 12.6. The molecule has 0 atom stereocenters. The fourth-order valence-electron chi connectivity index (χ4n) is 2.52. The van der Waals surface area contributed by atoms with Gasteiger partial charge in [0, 0.05) is 16.5 Å². The Morgan fingerprint density at radius 1 is 1.15 bits per heavy atom. The van der Waals surface area contributed by atoms with Crippen LogP contribution in [0.1, 0.15) is 5.56 Å². The van der Waals surface area contributed by atoms with Gasteiger partial charge in [0.25, 0.3) is 5.91 Å². The summed E-state index contributed by atoms with van der Waals surface area (Å²) in [5, 5.41) is 0. The number of amides is 1. The second kappa shape index (κ2) is 8.16. The average Bonchev–Trinajstić information content (AvgIpc) is 2.95. The van der Waals surface area contributed by atoms with Gasteiger partial charge in [-0.3, -0.25) is 9.69 Å². The molecule has 4 nitrogen and oxygen atoms in total. The van der Waals surface area contributed by atoms with Gasteiger partial charge in [0.05, 0.1) is 24.8 Å². The first-order valence-corrected chi connectivity index (χ1v) is 10.2. The lowest BCUT2D eigenvalue weighted by Crippen LogP contribution is -2.27. The summed E-state index contributed by atoms with van der Waals surface area (Å²) < 4.78 is 11.1. The van der Waals surface area contributed by atoms with Gasteiger partial charge in [-0.15, -0.1) is 11.8 Å². The van der Waals surface area contributed by atoms with Gasteiger partial charge in [-0.05, 0) is 42.7 Å².